The van der Waals surface area contributed by atoms with Gasteiger partial charge in [-0.3, -0.25) is 4.79 Å². The molecule has 1 aliphatic heterocycles. The van der Waals surface area contributed by atoms with E-state index in [-0.39, 0.29) is 5.91 Å². The monoisotopic (exact) mass is 316 g/mol. The van der Waals surface area contributed by atoms with Crippen LogP contribution in [-0.2, 0) is 10.4 Å². The summed E-state index contributed by atoms with van der Waals surface area (Å²) in [7, 11) is 0. The zero-order valence-corrected chi connectivity index (χ0v) is 11.6. The van der Waals surface area contributed by atoms with Crippen LogP contribution in [-0.4, -0.2) is 34.0 Å². The number of likely N-dealkylation sites (tertiary alicyclic amines) is 1. The van der Waals surface area contributed by atoms with E-state index in [1.807, 2.05) is 0 Å². The number of halogens is 1. The van der Waals surface area contributed by atoms with Gasteiger partial charge in [-0.25, -0.2) is 4.98 Å². The molecule has 4 nitrogen and oxygen atoms in total. The molecule has 0 unspecified atom stereocenters. The number of hydrogen-bond donors (Lipinski definition) is 1. The van der Waals surface area contributed by atoms with E-state index in [4.69, 9.17) is 0 Å². The van der Waals surface area contributed by atoms with Crippen molar-refractivity contribution in [3.05, 3.63) is 27.6 Å². The topological polar surface area (TPSA) is 53.4 Å². The maximum absolute atomic E-state index is 11.4. The first-order valence-electron chi connectivity index (χ1n) is 5.30. The lowest BCUT2D eigenvalue weighted by atomic mass is 9.90. The third-order valence-electron chi connectivity index (χ3n) is 3.02. The third kappa shape index (κ3) is 2.43. The van der Waals surface area contributed by atoms with Crippen LogP contribution in [0.1, 0.15) is 17.7 Å². The smallest absolute Gasteiger partial charge is 0.245 e. The molecule has 1 aromatic heterocycles. The minimum Gasteiger partial charge on any atom is -0.384 e. The molecule has 0 aliphatic carbocycles. The number of aromatic nitrogens is 1. The molecule has 2 rings (SSSR count). The van der Waals surface area contributed by atoms with E-state index in [0.717, 1.165) is 4.88 Å². The van der Waals surface area contributed by atoms with Crippen molar-refractivity contribution in [1.82, 2.24) is 9.88 Å². The number of nitrogens with zero attached hydrogens (tertiary/aromatic N) is 2. The van der Waals surface area contributed by atoms with E-state index in [1.165, 1.54) is 17.4 Å². The van der Waals surface area contributed by atoms with E-state index in [2.05, 4.69) is 27.5 Å². The number of carbonyl (C=O) groups is 1. The number of hydrogen-bond acceptors (Lipinski definition) is 4. The molecule has 1 aromatic rings. The Bertz CT molecular complexity index is 438. The lowest BCUT2D eigenvalue weighted by Crippen LogP contribution is -2.44. The average Bonchev–Trinajstić information content (AvgIpc) is 2.76. The van der Waals surface area contributed by atoms with Crippen molar-refractivity contribution in [3.8, 4) is 0 Å². The maximum Gasteiger partial charge on any atom is 0.245 e. The summed E-state index contributed by atoms with van der Waals surface area (Å²) in [6, 6.07) is 0. The van der Waals surface area contributed by atoms with Crippen LogP contribution in [0, 0.1) is 0 Å². The van der Waals surface area contributed by atoms with Crippen LogP contribution >= 0.6 is 27.3 Å². The molecule has 0 bridgehead atoms. The molecule has 1 aliphatic rings. The van der Waals surface area contributed by atoms with E-state index in [9.17, 15) is 9.90 Å². The summed E-state index contributed by atoms with van der Waals surface area (Å²) in [6.07, 6.45) is 2.38. The van der Waals surface area contributed by atoms with Gasteiger partial charge in [-0.05, 0) is 34.8 Å². The van der Waals surface area contributed by atoms with Crippen LogP contribution in [0.5, 0.6) is 0 Å². The normalized spacial score (nSPS) is 19.1. The SMILES string of the molecule is C=CC(=O)N1CCC(O)(c2scnc2Br)CC1. The summed E-state index contributed by atoms with van der Waals surface area (Å²) in [6.45, 7) is 4.56. The van der Waals surface area contributed by atoms with Gasteiger partial charge >= 0.3 is 0 Å². The summed E-state index contributed by atoms with van der Waals surface area (Å²) in [5.74, 6) is -0.0737. The minimum atomic E-state index is -0.863. The zero-order valence-electron chi connectivity index (χ0n) is 9.23. The molecule has 92 valence electrons. The Morgan fingerprint density at radius 2 is 2.29 bits per heavy atom. The highest BCUT2D eigenvalue weighted by Crippen LogP contribution is 2.38. The summed E-state index contributed by atoms with van der Waals surface area (Å²) < 4.78 is 0.702. The van der Waals surface area contributed by atoms with Gasteiger partial charge in [0.15, 0.2) is 0 Å². The highest BCUT2D eigenvalue weighted by molar-refractivity contribution is 9.10. The van der Waals surface area contributed by atoms with Crippen LogP contribution in [0.15, 0.2) is 22.8 Å². The number of amides is 1. The minimum absolute atomic E-state index is 0.0737. The van der Waals surface area contributed by atoms with Crippen LogP contribution in [0.4, 0.5) is 0 Å². The number of aliphatic hydroxyl groups is 1. The molecule has 0 spiro atoms. The lowest BCUT2D eigenvalue weighted by molar-refractivity contribution is -0.130. The van der Waals surface area contributed by atoms with Gasteiger partial charge in [0.2, 0.25) is 5.91 Å². The van der Waals surface area contributed by atoms with Crippen molar-refractivity contribution in [2.45, 2.75) is 18.4 Å². The van der Waals surface area contributed by atoms with E-state index in [0.29, 0.717) is 30.5 Å². The Morgan fingerprint density at radius 1 is 1.65 bits per heavy atom. The molecule has 1 N–H and O–H groups in total. The van der Waals surface area contributed by atoms with Gasteiger partial charge in [0.25, 0.3) is 0 Å². The second-order valence-electron chi connectivity index (χ2n) is 4.03. The van der Waals surface area contributed by atoms with Crippen molar-refractivity contribution in [1.29, 1.82) is 0 Å². The molecule has 0 aromatic carbocycles. The fraction of sp³-hybridized carbons (Fsp3) is 0.455. The first-order chi connectivity index (χ1) is 8.07. The standard InChI is InChI=1S/C11H13BrN2O2S/c1-2-8(15)14-5-3-11(16,4-6-14)9-10(12)13-7-17-9/h2,7,16H,1,3-6H2. The molecule has 2 heterocycles. The van der Waals surface area contributed by atoms with E-state index >= 15 is 0 Å². The van der Waals surface area contributed by atoms with Crippen LogP contribution < -0.4 is 0 Å². The maximum atomic E-state index is 11.4. The Balaban J connectivity index is 2.10. The van der Waals surface area contributed by atoms with Crippen molar-refractivity contribution >= 4 is 33.2 Å². The molecular weight excluding hydrogens is 304 g/mol. The highest BCUT2D eigenvalue weighted by Gasteiger charge is 2.37. The van der Waals surface area contributed by atoms with Crippen LogP contribution in [0.3, 0.4) is 0 Å². The number of thiazole rings is 1. The van der Waals surface area contributed by atoms with Crippen LogP contribution in [0.2, 0.25) is 0 Å². The fourth-order valence-corrected chi connectivity index (χ4v) is 3.71. The lowest BCUT2D eigenvalue weighted by Gasteiger charge is -2.37. The fourth-order valence-electron chi connectivity index (χ4n) is 1.99. The summed E-state index contributed by atoms with van der Waals surface area (Å²) >= 11 is 4.78. The van der Waals surface area contributed by atoms with Crippen molar-refractivity contribution in [2.24, 2.45) is 0 Å². The van der Waals surface area contributed by atoms with Crippen molar-refractivity contribution in [3.63, 3.8) is 0 Å². The predicted molar refractivity (Wildman–Crippen MR) is 69.7 cm³/mol. The number of carbonyl (C=O) groups excluding carboxylic acids is 1. The summed E-state index contributed by atoms with van der Waals surface area (Å²) in [5, 5.41) is 10.6. The quantitative estimate of drug-likeness (QED) is 0.848. The van der Waals surface area contributed by atoms with Gasteiger partial charge in [-0.2, -0.15) is 0 Å². The molecule has 17 heavy (non-hydrogen) atoms. The second kappa shape index (κ2) is 4.88. The Morgan fingerprint density at radius 3 is 2.76 bits per heavy atom. The Labute approximate surface area is 112 Å². The second-order valence-corrected chi connectivity index (χ2v) is 5.64. The highest BCUT2D eigenvalue weighted by atomic mass is 79.9. The van der Waals surface area contributed by atoms with E-state index in [1.54, 1.807) is 10.4 Å². The molecule has 1 amide bonds. The Kier molecular flexibility index (Phi) is 3.65. The first kappa shape index (κ1) is 12.7. The zero-order chi connectivity index (χ0) is 12.5. The van der Waals surface area contributed by atoms with Crippen molar-refractivity contribution < 1.29 is 9.90 Å². The van der Waals surface area contributed by atoms with Gasteiger partial charge in [0, 0.05) is 13.1 Å². The molecular formula is C11H13BrN2O2S. The number of rotatable bonds is 2. The molecule has 0 radical (unpaired) electrons. The van der Waals surface area contributed by atoms with Crippen molar-refractivity contribution in [2.75, 3.05) is 13.1 Å². The average molecular weight is 317 g/mol. The molecule has 1 fully saturated rings. The van der Waals surface area contributed by atoms with Gasteiger partial charge in [0.1, 0.15) is 10.2 Å². The largest absolute Gasteiger partial charge is 0.384 e. The predicted octanol–water partition coefficient (Wildman–Crippen LogP) is 1.90. The number of piperidine rings is 1. The first-order valence-corrected chi connectivity index (χ1v) is 6.97. The summed E-state index contributed by atoms with van der Waals surface area (Å²) in [5.41, 5.74) is 0.844. The molecule has 6 heteroatoms. The molecule has 1 saturated heterocycles. The van der Waals surface area contributed by atoms with E-state index < -0.39 is 5.60 Å². The molecule has 0 atom stereocenters. The van der Waals surface area contributed by atoms with Gasteiger partial charge in [-0.1, -0.05) is 6.58 Å². The van der Waals surface area contributed by atoms with Gasteiger partial charge in [0.05, 0.1) is 10.4 Å². The van der Waals surface area contributed by atoms with Crippen LogP contribution in [0.25, 0.3) is 0 Å². The molecule has 0 saturated carbocycles. The third-order valence-corrected chi connectivity index (χ3v) is 4.91. The Hall–Kier alpha value is -0.720. The van der Waals surface area contributed by atoms with Gasteiger partial charge in [-0.15, -0.1) is 11.3 Å². The van der Waals surface area contributed by atoms with Gasteiger partial charge < -0.3 is 10.0 Å². The summed E-state index contributed by atoms with van der Waals surface area (Å²) in [4.78, 5) is 18.1.